The zero-order valence-corrected chi connectivity index (χ0v) is 21.3. The highest BCUT2D eigenvalue weighted by molar-refractivity contribution is 6.09. The van der Waals surface area contributed by atoms with Crippen LogP contribution in [-0.2, 0) is 0 Å². The van der Waals surface area contributed by atoms with Gasteiger partial charge in [0.15, 0.2) is 0 Å². The normalized spacial score (nSPS) is 11.5. The number of para-hydroxylation sites is 1. The average molecular weight is 519 g/mol. The van der Waals surface area contributed by atoms with Crippen molar-refractivity contribution < 1.29 is 4.74 Å². The monoisotopic (exact) mass is 518 g/mol. The second kappa shape index (κ2) is 8.96. The summed E-state index contributed by atoms with van der Waals surface area (Å²) < 4.78 is 12.6. The van der Waals surface area contributed by atoms with E-state index in [1.807, 2.05) is 88.2 Å². The van der Waals surface area contributed by atoms with Crippen molar-refractivity contribution >= 4 is 33.1 Å². The van der Waals surface area contributed by atoms with Gasteiger partial charge in [-0.25, -0.2) is 9.97 Å². The van der Waals surface area contributed by atoms with Crippen LogP contribution in [0.15, 0.2) is 134 Å². The lowest BCUT2D eigenvalue weighted by molar-refractivity contribution is 0.483. The van der Waals surface area contributed by atoms with Crippen molar-refractivity contribution in [2.75, 3.05) is 0 Å². The highest BCUT2D eigenvalue weighted by atomic mass is 16.5. The Balaban J connectivity index is 1.24. The largest absolute Gasteiger partial charge is 0.457 e. The highest BCUT2D eigenvalue weighted by Crippen LogP contribution is 2.35. The van der Waals surface area contributed by atoms with Crippen LogP contribution in [0.4, 0.5) is 0 Å². The Morgan fingerprint density at radius 3 is 2.30 bits per heavy atom. The van der Waals surface area contributed by atoms with E-state index in [0.717, 1.165) is 56.3 Å². The van der Waals surface area contributed by atoms with E-state index >= 15 is 0 Å². The van der Waals surface area contributed by atoms with E-state index in [1.54, 1.807) is 12.4 Å². The summed E-state index contributed by atoms with van der Waals surface area (Å²) in [4.78, 5) is 14.0. The maximum Gasteiger partial charge on any atom is 0.218 e. The Hall–Kier alpha value is -5.69. The van der Waals surface area contributed by atoms with Crippen LogP contribution in [0.1, 0.15) is 0 Å². The van der Waals surface area contributed by atoms with Crippen molar-refractivity contribution in [3.05, 3.63) is 134 Å². The zero-order valence-electron chi connectivity index (χ0n) is 21.3. The minimum absolute atomic E-state index is 0.727. The van der Waals surface area contributed by atoms with Gasteiger partial charge in [0.05, 0.1) is 22.2 Å². The predicted octanol–water partition coefficient (Wildman–Crippen LogP) is 7.50. The summed E-state index contributed by atoms with van der Waals surface area (Å²) in [6, 6.07) is 32.7. The zero-order chi connectivity index (χ0) is 26.5. The average Bonchev–Trinajstić information content (AvgIpc) is 3.72. The Morgan fingerprint density at radius 1 is 0.550 bits per heavy atom. The van der Waals surface area contributed by atoms with Gasteiger partial charge in [-0.05, 0) is 54.6 Å². The molecule has 0 spiro atoms. The van der Waals surface area contributed by atoms with Gasteiger partial charge < -0.3 is 4.74 Å². The molecule has 0 N–H and O–H groups in total. The second-order valence-electron chi connectivity index (χ2n) is 9.52. The van der Waals surface area contributed by atoms with Crippen molar-refractivity contribution in [1.82, 2.24) is 28.3 Å². The number of hydrogen-bond acceptors (Lipinski definition) is 4. The number of ether oxygens (including phenoxy) is 1. The number of fused-ring (bicyclic) bond motifs is 6. The molecule has 0 unspecified atom stereocenters. The summed E-state index contributed by atoms with van der Waals surface area (Å²) in [5, 5.41) is 2.33. The van der Waals surface area contributed by atoms with Crippen LogP contribution in [0.3, 0.4) is 0 Å². The van der Waals surface area contributed by atoms with Crippen LogP contribution in [0, 0.1) is 0 Å². The summed E-state index contributed by atoms with van der Waals surface area (Å²) in [7, 11) is 0. The fraction of sp³-hybridized carbons (Fsp3) is 0. The van der Waals surface area contributed by atoms with E-state index in [0.29, 0.717) is 0 Å². The molecular weight excluding hydrogens is 496 g/mol. The van der Waals surface area contributed by atoms with Gasteiger partial charge in [-0.2, -0.15) is 0 Å². The lowest BCUT2D eigenvalue weighted by Crippen LogP contribution is -1.96. The number of nitrogens with zero attached hydrogens (tertiary/aromatic N) is 6. The van der Waals surface area contributed by atoms with E-state index in [4.69, 9.17) is 9.72 Å². The first-order chi connectivity index (χ1) is 19.8. The number of pyridine rings is 1. The van der Waals surface area contributed by atoms with Crippen LogP contribution >= 0.6 is 0 Å². The molecule has 7 heteroatoms. The van der Waals surface area contributed by atoms with Crippen LogP contribution < -0.4 is 4.74 Å². The first-order valence-electron chi connectivity index (χ1n) is 13.0. The van der Waals surface area contributed by atoms with E-state index < -0.39 is 0 Å². The van der Waals surface area contributed by atoms with E-state index in [2.05, 4.69) is 57.0 Å². The molecule has 7 nitrogen and oxygen atoms in total. The fourth-order valence-corrected chi connectivity index (χ4v) is 5.41. The van der Waals surface area contributed by atoms with Crippen LogP contribution in [0.5, 0.6) is 11.5 Å². The van der Waals surface area contributed by atoms with Gasteiger partial charge in [-0.3, -0.25) is 18.4 Å². The number of imidazole rings is 1. The first kappa shape index (κ1) is 22.3. The van der Waals surface area contributed by atoms with Crippen molar-refractivity contribution in [3.8, 4) is 28.6 Å². The maximum atomic E-state index is 6.44. The summed E-state index contributed by atoms with van der Waals surface area (Å²) in [5.74, 6) is 3.15. The molecule has 0 bridgehead atoms. The van der Waals surface area contributed by atoms with Crippen LogP contribution in [-0.4, -0.2) is 28.3 Å². The van der Waals surface area contributed by atoms with Gasteiger partial charge in [-0.15, -0.1) is 0 Å². The van der Waals surface area contributed by atoms with Crippen LogP contribution in [0.25, 0.3) is 50.2 Å². The minimum atomic E-state index is 0.727. The summed E-state index contributed by atoms with van der Waals surface area (Å²) in [6.07, 6.45) is 11.2. The summed E-state index contributed by atoms with van der Waals surface area (Å²) in [5.41, 5.74) is 4.89. The Bertz CT molecular complexity index is 2210. The lowest BCUT2D eigenvalue weighted by Gasteiger charge is -2.10. The molecule has 0 saturated heterocycles. The molecule has 190 valence electrons. The third-order valence-corrected chi connectivity index (χ3v) is 7.15. The molecule has 0 aliphatic rings. The van der Waals surface area contributed by atoms with Crippen molar-refractivity contribution in [2.45, 2.75) is 0 Å². The van der Waals surface area contributed by atoms with Crippen LogP contribution in [0.2, 0.25) is 0 Å². The smallest absolute Gasteiger partial charge is 0.218 e. The minimum Gasteiger partial charge on any atom is -0.457 e. The molecule has 0 aliphatic carbocycles. The van der Waals surface area contributed by atoms with Gasteiger partial charge >= 0.3 is 0 Å². The van der Waals surface area contributed by atoms with Crippen molar-refractivity contribution in [2.24, 2.45) is 0 Å². The first-order valence-corrected chi connectivity index (χ1v) is 13.0. The SMILES string of the molecule is c1ccc(-n2c3ccccc3c3ccc(Oc4cccc(-c5nccn6ccnc6n6cccc56)c4)cc32)nc1. The molecule has 0 saturated carbocycles. The third kappa shape index (κ3) is 3.56. The summed E-state index contributed by atoms with van der Waals surface area (Å²) >= 11 is 0. The number of rotatable bonds is 4. The van der Waals surface area contributed by atoms with E-state index in [1.165, 1.54) is 5.39 Å². The Kier molecular flexibility index (Phi) is 4.99. The van der Waals surface area contributed by atoms with E-state index in [9.17, 15) is 0 Å². The van der Waals surface area contributed by atoms with Gasteiger partial charge in [0.25, 0.3) is 0 Å². The predicted molar refractivity (Wildman–Crippen MR) is 157 cm³/mol. The molecule has 5 heterocycles. The van der Waals surface area contributed by atoms with Gasteiger partial charge in [0, 0.05) is 59.6 Å². The van der Waals surface area contributed by atoms with Gasteiger partial charge in [0.2, 0.25) is 5.78 Å². The molecule has 3 aromatic carbocycles. The molecule has 0 radical (unpaired) electrons. The quantitative estimate of drug-likeness (QED) is 0.242. The molecule has 0 amide bonds. The van der Waals surface area contributed by atoms with Crippen molar-refractivity contribution in [3.63, 3.8) is 0 Å². The lowest BCUT2D eigenvalue weighted by atomic mass is 10.1. The topological polar surface area (TPSA) is 61.7 Å². The Labute approximate surface area is 228 Å². The second-order valence-corrected chi connectivity index (χ2v) is 9.52. The number of benzene rings is 3. The molecular formula is C33H22N6O. The molecule has 40 heavy (non-hydrogen) atoms. The van der Waals surface area contributed by atoms with Gasteiger partial charge in [0.1, 0.15) is 17.3 Å². The molecule has 0 atom stereocenters. The molecule has 0 aliphatic heterocycles. The highest BCUT2D eigenvalue weighted by Gasteiger charge is 2.14. The van der Waals surface area contributed by atoms with Crippen molar-refractivity contribution in [1.29, 1.82) is 0 Å². The fourth-order valence-electron chi connectivity index (χ4n) is 5.41. The molecule has 8 rings (SSSR count). The number of aromatic nitrogens is 6. The summed E-state index contributed by atoms with van der Waals surface area (Å²) in [6.45, 7) is 0. The molecule has 8 aromatic rings. The Morgan fingerprint density at radius 2 is 1.38 bits per heavy atom. The molecule has 5 aromatic heterocycles. The standard InChI is InChI=1S/C33H22N6O/c1-2-10-28-26(9-1)27-14-13-25(22-30(27)39(28)31-12-3-4-15-34-31)40-24-8-5-7-23(21-24)32-29-11-6-18-38(29)33-36-17-20-37(33)19-16-35-32/h1-22H. The van der Waals surface area contributed by atoms with E-state index in [-0.39, 0.29) is 0 Å². The third-order valence-electron chi connectivity index (χ3n) is 7.15. The number of hydrogen-bond donors (Lipinski definition) is 0. The van der Waals surface area contributed by atoms with Gasteiger partial charge in [-0.1, -0.05) is 36.4 Å². The molecule has 0 fully saturated rings. The maximum absolute atomic E-state index is 6.44.